The maximum Gasteiger partial charge on any atom is 0.430 e. The largest absolute Gasteiger partial charge is 0.463 e. The van der Waals surface area contributed by atoms with Gasteiger partial charge in [-0.05, 0) is 80.8 Å². The first-order chi connectivity index (χ1) is 21.8. The molecular formula is C29H33F6N3O7S2. The highest BCUT2D eigenvalue weighted by Gasteiger charge is 2.71. The average molecular weight is 714 g/mol. The maximum absolute atomic E-state index is 13.1. The zero-order valence-corrected chi connectivity index (χ0v) is 26.7. The van der Waals surface area contributed by atoms with Gasteiger partial charge in [-0.3, -0.25) is 19.6 Å². The number of nitrogens with one attached hydrogen (secondary N) is 2. The number of aryl methyl sites for hydroxylation is 1. The number of carbonyl (C=O) groups is 2. The number of aromatic nitrogens is 1. The molecule has 0 saturated heterocycles. The lowest BCUT2D eigenvalue weighted by Crippen LogP contribution is -2.53. The number of esters is 1. The molecule has 4 fully saturated rings. The average Bonchev–Trinajstić information content (AvgIpc) is 3.31. The third kappa shape index (κ3) is 7.54. The third-order valence-corrected chi connectivity index (χ3v) is 12.1. The molecule has 0 aliphatic heterocycles. The van der Waals surface area contributed by atoms with Crippen molar-refractivity contribution in [3.05, 3.63) is 35.5 Å². The summed E-state index contributed by atoms with van der Waals surface area (Å²) >= 11 is 0.546. The quantitative estimate of drug-likeness (QED) is 0.145. The molecule has 10 nitrogen and oxygen atoms in total. The monoisotopic (exact) mass is 713 g/mol. The Hall–Kier alpha value is -2.96. The van der Waals surface area contributed by atoms with Gasteiger partial charge >= 0.3 is 18.3 Å². The number of hydrogen-bond donors (Lipinski definition) is 3. The Morgan fingerprint density at radius 3 is 2.06 bits per heavy atom. The smallest absolute Gasteiger partial charge is 0.430 e. The van der Waals surface area contributed by atoms with Crippen LogP contribution in [0.25, 0.3) is 0 Å². The van der Waals surface area contributed by atoms with Crippen molar-refractivity contribution in [2.24, 2.45) is 23.2 Å². The minimum absolute atomic E-state index is 0.0322. The van der Waals surface area contributed by atoms with Gasteiger partial charge in [0.05, 0.1) is 18.7 Å². The second-order valence-electron chi connectivity index (χ2n) is 12.7. The molecule has 0 radical (unpaired) electrons. The van der Waals surface area contributed by atoms with Gasteiger partial charge in [0.15, 0.2) is 9.34 Å². The molecule has 1 amide bonds. The Morgan fingerprint density at radius 2 is 1.53 bits per heavy atom. The number of alkyl halides is 6. The number of halogens is 6. The standard InChI is InChI=1S/C29H33F6N3O7S2/c1-16-24(47(42,43)38-21-4-2-20(3-5-21)27(41,28(30,31)32)29(33,34)35)46-25(36-16)37-22(39)15-44-6-7-45-23(40)14-26-11-17-8-18(12-26)10-19(9-17)13-26/h2-5,17-19,38,41H,6-15H2,1H3,(H,36,37,39). The van der Waals surface area contributed by atoms with Crippen LogP contribution < -0.4 is 10.0 Å². The van der Waals surface area contributed by atoms with E-state index in [-0.39, 0.29) is 39.6 Å². The molecule has 1 aromatic carbocycles. The molecular weight excluding hydrogens is 680 g/mol. The van der Waals surface area contributed by atoms with Crippen molar-refractivity contribution in [1.29, 1.82) is 0 Å². The number of anilines is 2. The zero-order valence-electron chi connectivity index (χ0n) is 25.0. The van der Waals surface area contributed by atoms with Crippen LogP contribution in [0.1, 0.15) is 56.2 Å². The normalized spacial score (nSPS) is 24.3. The lowest BCUT2D eigenvalue weighted by molar-refractivity contribution is -0.376. The SMILES string of the molecule is Cc1nc(NC(=O)COCCOC(=O)CC23CC4CC(CC(C4)C2)C3)sc1S(=O)(=O)Nc1ccc(C(O)(C(F)(F)F)C(F)(F)F)cc1. The van der Waals surface area contributed by atoms with E-state index in [0.717, 1.165) is 19.3 Å². The van der Waals surface area contributed by atoms with Gasteiger partial charge in [0, 0.05) is 11.3 Å². The van der Waals surface area contributed by atoms with Crippen LogP contribution >= 0.6 is 11.3 Å². The molecule has 47 heavy (non-hydrogen) atoms. The first-order valence-corrected chi connectivity index (χ1v) is 17.1. The van der Waals surface area contributed by atoms with Gasteiger partial charge in [0.2, 0.25) is 0 Å². The summed E-state index contributed by atoms with van der Waals surface area (Å²) in [6, 6.07) is 1.86. The van der Waals surface area contributed by atoms with Crippen molar-refractivity contribution in [3.63, 3.8) is 0 Å². The third-order valence-electron chi connectivity index (χ3n) is 9.03. The molecule has 1 heterocycles. The number of thiazole rings is 1. The van der Waals surface area contributed by atoms with Gasteiger partial charge < -0.3 is 14.6 Å². The van der Waals surface area contributed by atoms with Crippen LogP contribution in [0.5, 0.6) is 0 Å². The number of aliphatic hydroxyl groups is 1. The predicted molar refractivity (Wildman–Crippen MR) is 156 cm³/mol. The highest BCUT2D eigenvalue weighted by Crippen LogP contribution is 2.61. The van der Waals surface area contributed by atoms with Gasteiger partial charge in [-0.1, -0.05) is 23.5 Å². The van der Waals surface area contributed by atoms with E-state index in [1.54, 1.807) is 0 Å². The number of rotatable bonds is 12. The van der Waals surface area contributed by atoms with Gasteiger partial charge in [-0.2, -0.15) is 26.3 Å². The van der Waals surface area contributed by atoms with Crippen LogP contribution in [0.15, 0.2) is 28.5 Å². The van der Waals surface area contributed by atoms with E-state index in [1.165, 1.54) is 26.2 Å². The second-order valence-corrected chi connectivity index (χ2v) is 15.6. The fourth-order valence-electron chi connectivity index (χ4n) is 7.55. The minimum Gasteiger partial charge on any atom is -0.463 e. The first kappa shape index (κ1) is 35.3. The summed E-state index contributed by atoms with van der Waals surface area (Å²) in [4.78, 5) is 28.8. The second kappa shape index (κ2) is 12.8. The van der Waals surface area contributed by atoms with Crippen LogP contribution in [0.4, 0.5) is 37.2 Å². The number of sulfonamides is 1. The summed E-state index contributed by atoms with van der Waals surface area (Å²) in [5.41, 5.74) is -7.13. The van der Waals surface area contributed by atoms with E-state index < -0.39 is 51.7 Å². The van der Waals surface area contributed by atoms with Crippen LogP contribution in [0.3, 0.4) is 0 Å². The molecule has 4 bridgehead atoms. The Bertz CT molecular complexity index is 1540. The molecule has 6 rings (SSSR count). The van der Waals surface area contributed by atoms with E-state index in [2.05, 4.69) is 10.3 Å². The number of carbonyl (C=O) groups excluding carboxylic acids is 2. The topological polar surface area (TPSA) is 144 Å². The van der Waals surface area contributed by atoms with Crippen molar-refractivity contribution in [3.8, 4) is 0 Å². The van der Waals surface area contributed by atoms with Crippen LogP contribution in [0, 0.1) is 30.1 Å². The zero-order chi connectivity index (χ0) is 34.4. The Kier molecular flexibility index (Phi) is 9.64. The molecule has 3 N–H and O–H groups in total. The Morgan fingerprint density at radius 1 is 0.979 bits per heavy atom. The van der Waals surface area contributed by atoms with E-state index in [9.17, 15) is 49.5 Å². The molecule has 4 aliphatic rings. The van der Waals surface area contributed by atoms with Crippen molar-refractivity contribution < 1.29 is 58.9 Å². The molecule has 2 aromatic rings. The molecule has 4 aliphatic carbocycles. The molecule has 1 aromatic heterocycles. The minimum atomic E-state index is -6.10. The number of nitrogens with zero attached hydrogens (tertiary/aromatic N) is 1. The van der Waals surface area contributed by atoms with Crippen molar-refractivity contribution in [1.82, 2.24) is 4.98 Å². The molecule has 18 heteroatoms. The van der Waals surface area contributed by atoms with E-state index >= 15 is 0 Å². The number of benzene rings is 1. The van der Waals surface area contributed by atoms with Gasteiger partial charge in [0.25, 0.3) is 21.5 Å². The number of ether oxygens (including phenoxy) is 2. The lowest BCUT2D eigenvalue weighted by atomic mass is 9.49. The van der Waals surface area contributed by atoms with Crippen LogP contribution in [-0.4, -0.2) is 62.6 Å². The summed E-state index contributed by atoms with van der Waals surface area (Å²) in [5.74, 6) is 1.19. The van der Waals surface area contributed by atoms with E-state index in [0.29, 0.717) is 59.8 Å². The first-order valence-electron chi connectivity index (χ1n) is 14.8. The Balaban J connectivity index is 1.08. The fraction of sp³-hybridized carbons (Fsp3) is 0.621. The highest BCUT2D eigenvalue weighted by molar-refractivity contribution is 7.94. The molecule has 4 saturated carbocycles. The van der Waals surface area contributed by atoms with Gasteiger partial charge in [-0.15, -0.1) is 0 Å². The molecule has 260 valence electrons. The molecule has 0 atom stereocenters. The lowest BCUT2D eigenvalue weighted by Gasteiger charge is -2.56. The van der Waals surface area contributed by atoms with Crippen molar-refractivity contribution in [2.45, 2.75) is 74.0 Å². The predicted octanol–water partition coefficient (Wildman–Crippen LogP) is 5.67. The summed E-state index contributed by atoms with van der Waals surface area (Å²) in [5, 5.41) is 11.8. The fourth-order valence-corrected chi connectivity index (χ4v) is 10.0. The van der Waals surface area contributed by atoms with Crippen molar-refractivity contribution in [2.75, 3.05) is 29.9 Å². The van der Waals surface area contributed by atoms with Crippen LogP contribution in [-0.2, 0) is 34.7 Å². The van der Waals surface area contributed by atoms with Crippen molar-refractivity contribution >= 4 is 44.1 Å². The maximum atomic E-state index is 13.1. The summed E-state index contributed by atoms with van der Waals surface area (Å²) < 4.78 is 117. The van der Waals surface area contributed by atoms with Gasteiger partial charge in [-0.25, -0.2) is 13.4 Å². The van der Waals surface area contributed by atoms with E-state index in [4.69, 9.17) is 9.47 Å². The summed E-state index contributed by atoms with van der Waals surface area (Å²) in [6.45, 7) is 0.795. The summed E-state index contributed by atoms with van der Waals surface area (Å²) in [6.07, 6.45) is -4.75. The van der Waals surface area contributed by atoms with E-state index in [1.807, 2.05) is 4.72 Å². The highest BCUT2D eigenvalue weighted by atomic mass is 32.2. The summed E-state index contributed by atoms with van der Waals surface area (Å²) in [7, 11) is -4.45. The molecule has 0 spiro atoms. The Labute approximate surface area is 270 Å². The number of amides is 1. The number of hydrogen-bond acceptors (Lipinski definition) is 9. The van der Waals surface area contributed by atoms with Crippen LogP contribution in [0.2, 0.25) is 0 Å². The molecule has 0 unspecified atom stereocenters. The van der Waals surface area contributed by atoms with Gasteiger partial charge in [0.1, 0.15) is 13.2 Å².